The number of benzene rings is 1. The third-order valence-electron chi connectivity index (χ3n) is 4.42. The Kier molecular flexibility index (Phi) is 5.26. The van der Waals surface area contributed by atoms with Crippen LogP contribution in [0.1, 0.15) is 30.6 Å². The first-order valence-corrected chi connectivity index (χ1v) is 7.79. The molecular weight excluding hydrogens is 294 g/mol. The van der Waals surface area contributed by atoms with Crippen molar-refractivity contribution in [3.63, 3.8) is 0 Å². The van der Waals surface area contributed by atoms with Gasteiger partial charge in [-0.25, -0.2) is 0 Å². The summed E-state index contributed by atoms with van der Waals surface area (Å²) in [6.45, 7) is 5.38. The highest BCUT2D eigenvalue weighted by atomic mass is 16.5. The number of nitrogens with two attached hydrogens (primary N) is 1. The molecule has 0 radical (unpaired) electrons. The maximum absolute atomic E-state index is 12.3. The Bertz CT molecular complexity index is 569. The first-order chi connectivity index (χ1) is 10.8. The molecule has 2 rings (SSSR count). The molecular formula is C17H25N3O3. The first kappa shape index (κ1) is 17.3. The van der Waals surface area contributed by atoms with Gasteiger partial charge in [0.1, 0.15) is 5.75 Å². The van der Waals surface area contributed by atoms with Gasteiger partial charge in [-0.15, -0.1) is 0 Å². The molecule has 2 amide bonds. The second-order valence-corrected chi connectivity index (χ2v) is 6.61. The molecule has 0 spiro atoms. The van der Waals surface area contributed by atoms with Gasteiger partial charge >= 0.3 is 0 Å². The second-order valence-electron chi connectivity index (χ2n) is 6.61. The summed E-state index contributed by atoms with van der Waals surface area (Å²) >= 11 is 0. The van der Waals surface area contributed by atoms with E-state index in [-0.39, 0.29) is 29.8 Å². The Morgan fingerprint density at radius 1 is 1.35 bits per heavy atom. The number of ether oxygens (including phenoxy) is 1. The molecule has 1 aliphatic rings. The fraction of sp³-hybridized carbons (Fsp3) is 0.529. The van der Waals surface area contributed by atoms with Crippen LogP contribution in [0.4, 0.5) is 0 Å². The molecule has 0 bridgehead atoms. The summed E-state index contributed by atoms with van der Waals surface area (Å²) in [7, 11) is 1.57. The molecule has 1 aliphatic heterocycles. The number of nitrogens with zero attached hydrogens (tertiary/aromatic N) is 1. The summed E-state index contributed by atoms with van der Waals surface area (Å²) in [4.78, 5) is 26.1. The van der Waals surface area contributed by atoms with Crippen LogP contribution in [0.5, 0.6) is 5.75 Å². The number of carbonyl (C=O) groups is 2. The zero-order valence-corrected chi connectivity index (χ0v) is 14.0. The molecule has 0 aliphatic carbocycles. The van der Waals surface area contributed by atoms with Crippen LogP contribution < -0.4 is 15.8 Å². The lowest BCUT2D eigenvalue weighted by molar-refractivity contribution is -0.133. The van der Waals surface area contributed by atoms with Crippen molar-refractivity contribution in [2.24, 2.45) is 11.1 Å². The number of likely N-dealkylation sites (tertiary alicyclic amines) is 1. The topological polar surface area (TPSA) is 84.7 Å². The van der Waals surface area contributed by atoms with Crippen molar-refractivity contribution < 1.29 is 14.3 Å². The van der Waals surface area contributed by atoms with Crippen molar-refractivity contribution in [3.05, 3.63) is 29.8 Å². The maximum atomic E-state index is 12.3. The summed E-state index contributed by atoms with van der Waals surface area (Å²) in [5, 5.41) is 2.67. The van der Waals surface area contributed by atoms with Crippen LogP contribution in [-0.4, -0.2) is 49.5 Å². The predicted octanol–water partition coefficient (Wildman–Crippen LogP) is 1.01. The van der Waals surface area contributed by atoms with E-state index in [2.05, 4.69) is 19.2 Å². The molecule has 23 heavy (non-hydrogen) atoms. The highest BCUT2D eigenvalue weighted by Crippen LogP contribution is 2.27. The summed E-state index contributed by atoms with van der Waals surface area (Å²) in [6.07, 6.45) is 0.783. The fourth-order valence-corrected chi connectivity index (χ4v) is 2.70. The molecule has 1 atom stereocenters. The average Bonchev–Trinajstić information content (AvgIpc) is 2.54. The van der Waals surface area contributed by atoms with Gasteiger partial charge in [0.15, 0.2) is 0 Å². The molecule has 126 valence electrons. The second kappa shape index (κ2) is 7.00. The number of rotatable bonds is 4. The van der Waals surface area contributed by atoms with Crippen molar-refractivity contribution in [1.29, 1.82) is 0 Å². The highest BCUT2D eigenvalue weighted by molar-refractivity contribution is 5.96. The van der Waals surface area contributed by atoms with Crippen molar-refractivity contribution >= 4 is 11.8 Å². The van der Waals surface area contributed by atoms with Crippen molar-refractivity contribution in [2.45, 2.75) is 26.3 Å². The van der Waals surface area contributed by atoms with Gasteiger partial charge in [0.25, 0.3) is 5.91 Å². The number of piperidine rings is 1. The van der Waals surface area contributed by atoms with Gasteiger partial charge in [-0.1, -0.05) is 13.8 Å². The van der Waals surface area contributed by atoms with Gasteiger partial charge < -0.3 is 20.7 Å². The number of hydrogen-bond acceptors (Lipinski definition) is 4. The zero-order valence-electron chi connectivity index (χ0n) is 14.0. The fourth-order valence-electron chi connectivity index (χ4n) is 2.70. The highest BCUT2D eigenvalue weighted by Gasteiger charge is 2.35. The van der Waals surface area contributed by atoms with Gasteiger partial charge in [-0.2, -0.15) is 0 Å². The Balaban J connectivity index is 1.87. The smallest absolute Gasteiger partial charge is 0.251 e. The van der Waals surface area contributed by atoms with E-state index in [1.54, 1.807) is 36.3 Å². The number of methoxy groups -OCH3 is 1. The van der Waals surface area contributed by atoms with Crippen LogP contribution in [0.15, 0.2) is 24.3 Å². The minimum atomic E-state index is -0.269. The summed E-state index contributed by atoms with van der Waals surface area (Å²) in [6, 6.07) is 6.86. The third kappa shape index (κ3) is 4.22. The van der Waals surface area contributed by atoms with Gasteiger partial charge in [0.2, 0.25) is 5.91 Å². The first-order valence-electron chi connectivity index (χ1n) is 7.79. The lowest BCUT2D eigenvalue weighted by atomic mass is 9.79. The van der Waals surface area contributed by atoms with Crippen LogP contribution in [0.2, 0.25) is 0 Å². The molecule has 1 heterocycles. The zero-order chi connectivity index (χ0) is 17.0. The largest absolute Gasteiger partial charge is 0.497 e. The molecule has 6 nitrogen and oxygen atoms in total. The molecule has 0 aromatic heterocycles. The molecule has 0 saturated carbocycles. The SMILES string of the molecule is COc1ccc(C(=O)NCC(=O)N2CCC(N)C(C)(C)C2)cc1. The third-order valence-corrected chi connectivity index (χ3v) is 4.42. The minimum absolute atomic E-state index is 0.00379. The number of amides is 2. The number of hydrogen-bond donors (Lipinski definition) is 2. The van der Waals surface area contributed by atoms with Crippen molar-refractivity contribution in [1.82, 2.24) is 10.2 Å². The van der Waals surface area contributed by atoms with Gasteiger partial charge in [-0.05, 0) is 36.1 Å². The van der Waals surface area contributed by atoms with E-state index >= 15 is 0 Å². The van der Waals surface area contributed by atoms with Crippen molar-refractivity contribution in [3.8, 4) is 5.75 Å². The van der Waals surface area contributed by atoms with Crippen LogP contribution in [0.25, 0.3) is 0 Å². The van der Waals surface area contributed by atoms with E-state index in [4.69, 9.17) is 10.5 Å². The molecule has 1 aromatic carbocycles. The molecule has 1 aromatic rings. The number of nitrogens with one attached hydrogen (secondary N) is 1. The van der Waals surface area contributed by atoms with E-state index in [9.17, 15) is 9.59 Å². The Morgan fingerprint density at radius 3 is 2.57 bits per heavy atom. The summed E-state index contributed by atoms with van der Waals surface area (Å²) < 4.78 is 5.05. The van der Waals surface area contributed by atoms with E-state index in [1.807, 2.05) is 0 Å². The van der Waals surface area contributed by atoms with Crippen LogP contribution >= 0.6 is 0 Å². The number of carbonyl (C=O) groups excluding carboxylic acids is 2. The van der Waals surface area contributed by atoms with Gasteiger partial charge in [0, 0.05) is 24.7 Å². The molecule has 6 heteroatoms. The normalized spacial score (nSPS) is 20.0. The molecule has 3 N–H and O–H groups in total. The standard InChI is InChI=1S/C17H25N3O3/c1-17(2)11-20(9-8-14(17)18)15(21)10-19-16(22)12-4-6-13(23-3)7-5-12/h4-7,14H,8-11,18H2,1-3H3,(H,19,22). The summed E-state index contributed by atoms with van der Waals surface area (Å²) in [5.74, 6) is 0.338. The average molecular weight is 319 g/mol. The monoisotopic (exact) mass is 319 g/mol. The van der Waals surface area contributed by atoms with Crippen molar-refractivity contribution in [2.75, 3.05) is 26.7 Å². The lowest BCUT2D eigenvalue weighted by Crippen LogP contribution is -2.55. The summed E-state index contributed by atoms with van der Waals surface area (Å²) in [5.41, 5.74) is 6.48. The Labute approximate surface area is 137 Å². The van der Waals surface area contributed by atoms with Gasteiger partial charge in [0.05, 0.1) is 13.7 Å². The van der Waals surface area contributed by atoms with Gasteiger partial charge in [-0.3, -0.25) is 9.59 Å². The quantitative estimate of drug-likeness (QED) is 0.867. The molecule has 1 unspecified atom stereocenters. The minimum Gasteiger partial charge on any atom is -0.497 e. The Morgan fingerprint density at radius 2 is 2.00 bits per heavy atom. The van der Waals surface area contributed by atoms with E-state index in [0.717, 1.165) is 6.42 Å². The van der Waals surface area contributed by atoms with E-state index in [1.165, 1.54) is 0 Å². The lowest BCUT2D eigenvalue weighted by Gasteiger charge is -2.42. The molecule has 1 fully saturated rings. The predicted molar refractivity (Wildman–Crippen MR) is 88.3 cm³/mol. The van der Waals surface area contributed by atoms with Crippen LogP contribution in [0, 0.1) is 5.41 Å². The molecule has 1 saturated heterocycles. The van der Waals surface area contributed by atoms with E-state index in [0.29, 0.717) is 24.4 Å². The Hall–Kier alpha value is -2.08. The van der Waals surface area contributed by atoms with Crippen LogP contribution in [0.3, 0.4) is 0 Å². The van der Waals surface area contributed by atoms with E-state index < -0.39 is 0 Å². The van der Waals surface area contributed by atoms with Crippen LogP contribution in [-0.2, 0) is 4.79 Å². The maximum Gasteiger partial charge on any atom is 0.251 e.